The average molecular weight is 263 g/mol. The third-order valence-corrected chi connectivity index (χ3v) is 4.06. The Kier molecular flexibility index (Phi) is 4.20. The van der Waals surface area contributed by atoms with E-state index in [0.717, 1.165) is 18.5 Å². The second-order valence-electron chi connectivity index (χ2n) is 5.42. The second-order valence-corrected chi connectivity index (χ2v) is 5.42. The number of nitrogens with zero attached hydrogens (tertiary/aromatic N) is 1. The molecule has 1 fully saturated rings. The topological polar surface area (TPSA) is 53.1 Å². The lowest BCUT2D eigenvalue weighted by Gasteiger charge is -2.27. The molecule has 2 rings (SSSR count). The highest BCUT2D eigenvalue weighted by molar-refractivity contribution is 5.95. The van der Waals surface area contributed by atoms with Gasteiger partial charge < -0.3 is 5.73 Å². The molecule has 0 aliphatic carbocycles. The van der Waals surface area contributed by atoms with Crippen molar-refractivity contribution < 1.29 is 4.39 Å². The summed E-state index contributed by atoms with van der Waals surface area (Å²) in [6.45, 7) is 5.15. The van der Waals surface area contributed by atoms with Gasteiger partial charge in [-0.3, -0.25) is 10.3 Å². The number of likely N-dealkylation sites (tertiary alicyclic amines) is 1. The molecule has 104 valence electrons. The summed E-state index contributed by atoms with van der Waals surface area (Å²) in [5.74, 6) is -0.398. The molecule has 0 radical (unpaired) electrons. The fourth-order valence-corrected chi connectivity index (χ4v) is 2.96. The van der Waals surface area contributed by atoms with Crippen LogP contribution in [0.2, 0.25) is 0 Å². The first kappa shape index (κ1) is 14.0. The molecule has 1 aliphatic rings. The number of halogens is 1. The molecular formula is C15H22FN3. The Balaban J connectivity index is 2.20. The molecule has 2 atom stereocenters. The van der Waals surface area contributed by atoms with Gasteiger partial charge >= 0.3 is 0 Å². The Hall–Kier alpha value is -1.42. The molecule has 1 aromatic rings. The van der Waals surface area contributed by atoms with Gasteiger partial charge in [-0.1, -0.05) is 6.92 Å². The minimum atomic E-state index is -0.317. The molecule has 1 aromatic carbocycles. The summed E-state index contributed by atoms with van der Waals surface area (Å²) >= 11 is 0. The van der Waals surface area contributed by atoms with E-state index < -0.39 is 0 Å². The molecule has 0 spiro atoms. The highest BCUT2D eigenvalue weighted by Crippen LogP contribution is 2.28. The maximum atomic E-state index is 13.6. The van der Waals surface area contributed by atoms with Gasteiger partial charge in [0.25, 0.3) is 0 Å². The summed E-state index contributed by atoms with van der Waals surface area (Å²) in [6, 6.07) is 5.80. The van der Waals surface area contributed by atoms with E-state index in [1.54, 1.807) is 6.07 Å². The largest absolute Gasteiger partial charge is 0.384 e. The van der Waals surface area contributed by atoms with Crippen molar-refractivity contribution in [3.05, 3.63) is 35.1 Å². The van der Waals surface area contributed by atoms with E-state index >= 15 is 0 Å². The molecule has 4 heteroatoms. The van der Waals surface area contributed by atoms with Gasteiger partial charge in [-0.2, -0.15) is 0 Å². The van der Waals surface area contributed by atoms with Crippen LogP contribution in [0.15, 0.2) is 18.2 Å². The number of amidine groups is 1. The second kappa shape index (κ2) is 5.70. The molecule has 0 aromatic heterocycles. The van der Waals surface area contributed by atoms with Gasteiger partial charge in [0.15, 0.2) is 0 Å². The molecule has 0 bridgehead atoms. The van der Waals surface area contributed by atoms with Crippen molar-refractivity contribution in [2.75, 3.05) is 0 Å². The molecule has 2 unspecified atom stereocenters. The van der Waals surface area contributed by atoms with E-state index in [1.807, 2.05) is 6.07 Å². The number of nitrogen functional groups attached to an aromatic ring is 1. The summed E-state index contributed by atoms with van der Waals surface area (Å²) in [7, 11) is 0. The van der Waals surface area contributed by atoms with Crippen LogP contribution in [0.1, 0.15) is 44.2 Å². The van der Waals surface area contributed by atoms with E-state index in [1.165, 1.54) is 18.9 Å². The molecule has 1 saturated heterocycles. The fourth-order valence-electron chi connectivity index (χ4n) is 2.96. The third-order valence-electron chi connectivity index (χ3n) is 4.06. The van der Waals surface area contributed by atoms with E-state index in [-0.39, 0.29) is 11.7 Å². The standard InChI is InChI=1S/C15H22FN3/c1-3-14-5-4-10(2)19(14)9-11-6-12(15(17)18)8-13(16)7-11/h6-8,10,14H,3-5,9H2,1-2H3,(H3,17,18). The predicted molar refractivity (Wildman–Crippen MR) is 75.7 cm³/mol. The zero-order valence-electron chi connectivity index (χ0n) is 11.6. The number of benzene rings is 1. The maximum absolute atomic E-state index is 13.6. The van der Waals surface area contributed by atoms with E-state index in [2.05, 4.69) is 18.7 Å². The summed E-state index contributed by atoms with van der Waals surface area (Å²) in [5.41, 5.74) is 6.81. The van der Waals surface area contributed by atoms with Crippen LogP contribution < -0.4 is 5.73 Å². The quantitative estimate of drug-likeness (QED) is 0.648. The van der Waals surface area contributed by atoms with Gasteiger partial charge in [-0.25, -0.2) is 4.39 Å². The van der Waals surface area contributed by atoms with Crippen molar-refractivity contribution in [3.63, 3.8) is 0 Å². The molecule has 1 heterocycles. The van der Waals surface area contributed by atoms with Gasteiger partial charge in [-0.05, 0) is 49.9 Å². The maximum Gasteiger partial charge on any atom is 0.124 e. The third kappa shape index (κ3) is 3.13. The highest BCUT2D eigenvalue weighted by Gasteiger charge is 2.29. The summed E-state index contributed by atoms with van der Waals surface area (Å²) in [4.78, 5) is 2.43. The molecule has 3 N–H and O–H groups in total. The van der Waals surface area contributed by atoms with Crippen molar-refractivity contribution in [3.8, 4) is 0 Å². The van der Waals surface area contributed by atoms with E-state index in [4.69, 9.17) is 11.1 Å². The fraction of sp³-hybridized carbons (Fsp3) is 0.533. The Morgan fingerprint density at radius 1 is 1.42 bits per heavy atom. The van der Waals surface area contributed by atoms with Crippen molar-refractivity contribution in [1.82, 2.24) is 4.90 Å². The number of nitrogens with two attached hydrogens (primary N) is 1. The number of hydrogen-bond acceptors (Lipinski definition) is 2. The average Bonchev–Trinajstić information content (AvgIpc) is 2.70. The van der Waals surface area contributed by atoms with Crippen LogP contribution in [0.25, 0.3) is 0 Å². The van der Waals surface area contributed by atoms with Crippen molar-refractivity contribution in [1.29, 1.82) is 5.41 Å². The van der Waals surface area contributed by atoms with Crippen LogP contribution in [0, 0.1) is 11.2 Å². The number of rotatable bonds is 4. The predicted octanol–water partition coefficient (Wildman–Crippen LogP) is 2.87. The lowest BCUT2D eigenvalue weighted by molar-refractivity contribution is 0.189. The van der Waals surface area contributed by atoms with E-state index in [9.17, 15) is 4.39 Å². The molecule has 3 nitrogen and oxygen atoms in total. The van der Waals surface area contributed by atoms with Crippen LogP contribution in [-0.2, 0) is 6.54 Å². The van der Waals surface area contributed by atoms with Crippen molar-refractivity contribution in [2.45, 2.75) is 51.7 Å². The molecule has 19 heavy (non-hydrogen) atoms. The van der Waals surface area contributed by atoms with Crippen LogP contribution >= 0.6 is 0 Å². The normalized spacial score (nSPS) is 23.7. The van der Waals surface area contributed by atoms with Crippen LogP contribution in [-0.4, -0.2) is 22.8 Å². The van der Waals surface area contributed by atoms with Gasteiger partial charge in [0.2, 0.25) is 0 Å². The van der Waals surface area contributed by atoms with Crippen LogP contribution in [0.4, 0.5) is 4.39 Å². The van der Waals surface area contributed by atoms with Crippen LogP contribution in [0.3, 0.4) is 0 Å². The Morgan fingerprint density at radius 3 is 2.79 bits per heavy atom. The zero-order valence-corrected chi connectivity index (χ0v) is 11.6. The zero-order chi connectivity index (χ0) is 14.0. The minimum absolute atomic E-state index is 0.0812. The molecule has 1 aliphatic heterocycles. The summed E-state index contributed by atoms with van der Waals surface area (Å²) in [6.07, 6.45) is 3.54. The van der Waals surface area contributed by atoms with Gasteiger partial charge in [0.1, 0.15) is 11.7 Å². The summed E-state index contributed by atoms with van der Waals surface area (Å²) in [5, 5.41) is 7.43. The van der Waals surface area contributed by atoms with E-state index in [0.29, 0.717) is 17.6 Å². The minimum Gasteiger partial charge on any atom is -0.384 e. The lowest BCUT2D eigenvalue weighted by Crippen LogP contribution is -2.33. The van der Waals surface area contributed by atoms with Gasteiger partial charge in [0, 0.05) is 24.2 Å². The van der Waals surface area contributed by atoms with Crippen LogP contribution in [0.5, 0.6) is 0 Å². The number of hydrogen-bond donors (Lipinski definition) is 2. The number of nitrogens with one attached hydrogen (secondary N) is 1. The Morgan fingerprint density at radius 2 is 2.16 bits per heavy atom. The Labute approximate surface area is 114 Å². The van der Waals surface area contributed by atoms with Gasteiger partial charge in [0.05, 0.1) is 0 Å². The highest BCUT2D eigenvalue weighted by atomic mass is 19.1. The first-order valence-corrected chi connectivity index (χ1v) is 6.91. The van der Waals surface area contributed by atoms with Crippen molar-refractivity contribution in [2.24, 2.45) is 5.73 Å². The summed E-state index contributed by atoms with van der Waals surface area (Å²) < 4.78 is 13.6. The first-order chi connectivity index (χ1) is 9.01. The first-order valence-electron chi connectivity index (χ1n) is 6.91. The lowest BCUT2D eigenvalue weighted by atomic mass is 10.1. The molecule has 0 amide bonds. The molecule has 0 saturated carbocycles. The molecular weight excluding hydrogens is 241 g/mol. The Bertz CT molecular complexity index is 472. The smallest absolute Gasteiger partial charge is 0.124 e. The van der Waals surface area contributed by atoms with Crippen molar-refractivity contribution >= 4 is 5.84 Å². The van der Waals surface area contributed by atoms with Gasteiger partial charge in [-0.15, -0.1) is 0 Å². The monoisotopic (exact) mass is 263 g/mol. The SMILES string of the molecule is CCC1CCC(C)N1Cc1cc(F)cc(C(=N)N)c1.